The second-order valence-corrected chi connectivity index (χ2v) is 5.21. The van der Waals surface area contributed by atoms with Gasteiger partial charge in [0, 0.05) is 18.1 Å². The van der Waals surface area contributed by atoms with Crippen molar-refractivity contribution in [2.24, 2.45) is 0 Å². The average Bonchev–Trinajstić information content (AvgIpc) is 2.58. The van der Waals surface area contributed by atoms with Crippen molar-refractivity contribution in [3.8, 4) is 5.69 Å². The molecule has 3 heterocycles. The molecule has 0 saturated carbocycles. The molecule has 0 amide bonds. The maximum absolute atomic E-state index is 12.8. The Bertz CT molecular complexity index is 1160. The molecule has 4 rings (SSSR count). The molecule has 0 fully saturated rings. The Hall–Kier alpha value is -3.41. The molecule has 6 heteroatoms. The fourth-order valence-corrected chi connectivity index (χ4v) is 2.63. The molecule has 6 nitrogen and oxygen atoms in total. The van der Waals surface area contributed by atoms with Gasteiger partial charge < -0.3 is 5.84 Å². The van der Waals surface area contributed by atoms with Gasteiger partial charge in [0.25, 0.3) is 11.1 Å². The highest BCUT2D eigenvalue weighted by molar-refractivity contribution is 5.91. The smallest absolute Gasteiger partial charge is 0.278 e. The van der Waals surface area contributed by atoms with Crippen molar-refractivity contribution in [3.63, 3.8) is 0 Å². The number of nitrogen functional groups attached to an aromatic ring is 1. The molecule has 0 saturated heterocycles. The molecule has 1 aromatic carbocycles. The number of aromatic nitrogens is 3. The average molecular weight is 304 g/mol. The fraction of sp³-hybridized carbons (Fsp3) is 0. The van der Waals surface area contributed by atoms with Crippen LogP contribution in [0.3, 0.4) is 0 Å². The molecular formula is C17H12N4O2. The molecular weight excluding hydrogens is 292 g/mol. The van der Waals surface area contributed by atoms with Crippen LogP contribution in [0.1, 0.15) is 0 Å². The number of fused-ring (bicyclic) bond motifs is 2. The highest BCUT2D eigenvalue weighted by Crippen LogP contribution is 2.15. The zero-order chi connectivity index (χ0) is 16.0. The zero-order valence-electron chi connectivity index (χ0n) is 12.0. The first-order valence-corrected chi connectivity index (χ1v) is 7.03. The summed E-state index contributed by atoms with van der Waals surface area (Å²) in [6.45, 7) is 0. The molecule has 0 unspecified atom stereocenters. The molecule has 0 radical (unpaired) electrons. The summed E-state index contributed by atoms with van der Waals surface area (Å²) in [6.07, 6.45) is 3.14. The first kappa shape index (κ1) is 13.3. The quantitative estimate of drug-likeness (QED) is 0.426. The molecule has 0 aliphatic rings. The van der Waals surface area contributed by atoms with Gasteiger partial charge in [0.2, 0.25) is 0 Å². The van der Waals surface area contributed by atoms with Gasteiger partial charge in [-0.15, -0.1) is 0 Å². The molecule has 112 valence electrons. The lowest BCUT2D eigenvalue weighted by molar-refractivity contribution is 0.951. The zero-order valence-corrected chi connectivity index (χ0v) is 12.0. The van der Waals surface area contributed by atoms with Gasteiger partial charge in [0.15, 0.2) is 0 Å². The Morgan fingerprint density at radius 3 is 2.22 bits per heavy atom. The van der Waals surface area contributed by atoms with Crippen molar-refractivity contribution in [1.29, 1.82) is 0 Å². The van der Waals surface area contributed by atoms with Crippen molar-refractivity contribution in [3.05, 3.63) is 81.6 Å². The van der Waals surface area contributed by atoms with E-state index in [1.807, 2.05) is 30.3 Å². The van der Waals surface area contributed by atoms with Crippen LogP contribution in [0.4, 0.5) is 0 Å². The lowest BCUT2D eigenvalue weighted by atomic mass is 10.2. The summed E-state index contributed by atoms with van der Waals surface area (Å²) in [4.78, 5) is 29.3. The van der Waals surface area contributed by atoms with Crippen molar-refractivity contribution >= 4 is 21.8 Å². The van der Waals surface area contributed by atoms with Crippen LogP contribution in [0, 0.1) is 0 Å². The first-order chi connectivity index (χ1) is 11.1. The number of hydrogen-bond acceptors (Lipinski definition) is 4. The van der Waals surface area contributed by atoms with E-state index >= 15 is 0 Å². The molecule has 0 bridgehead atoms. The van der Waals surface area contributed by atoms with Crippen LogP contribution < -0.4 is 17.0 Å². The summed E-state index contributed by atoms with van der Waals surface area (Å²) >= 11 is 0. The minimum atomic E-state index is -0.383. The third-order valence-corrected chi connectivity index (χ3v) is 3.80. The summed E-state index contributed by atoms with van der Waals surface area (Å²) in [5, 5.41) is 0.706. The topological polar surface area (TPSA) is 82.9 Å². The fourth-order valence-electron chi connectivity index (χ4n) is 2.63. The van der Waals surface area contributed by atoms with Crippen LogP contribution in [0.2, 0.25) is 0 Å². The predicted octanol–water partition coefficient (Wildman–Crippen LogP) is 1.41. The molecule has 3 aromatic heterocycles. The lowest BCUT2D eigenvalue weighted by Gasteiger charge is -2.08. The van der Waals surface area contributed by atoms with Gasteiger partial charge in [-0.05, 0) is 30.3 Å². The highest BCUT2D eigenvalue weighted by atomic mass is 16.1. The number of rotatable bonds is 1. The number of para-hydroxylation sites is 1. The third-order valence-electron chi connectivity index (χ3n) is 3.80. The molecule has 0 aliphatic carbocycles. The van der Waals surface area contributed by atoms with E-state index in [9.17, 15) is 9.59 Å². The van der Waals surface area contributed by atoms with Crippen LogP contribution >= 0.6 is 0 Å². The summed E-state index contributed by atoms with van der Waals surface area (Å²) in [7, 11) is 0. The highest BCUT2D eigenvalue weighted by Gasteiger charge is 2.09. The molecule has 23 heavy (non-hydrogen) atoms. The van der Waals surface area contributed by atoms with Crippen molar-refractivity contribution < 1.29 is 0 Å². The monoisotopic (exact) mass is 304 g/mol. The SMILES string of the molecule is Nn1ccc2nc3ccn(-c4ccccc4)c(=O)c3cc2c1=O. The van der Waals surface area contributed by atoms with E-state index in [0.717, 1.165) is 10.4 Å². The van der Waals surface area contributed by atoms with E-state index in [1.165, 1.54) is 10.8 Å². The first-order valence-electron chi connectivity index (χ1n) is 7.03. The molecule has 4 aromatic rings. The van der Waals surface area contributed by atoms with Gasteiger partial charge in [-0.25, -0.2) is 9.66 Å². The molecule has 0 spiro atoms. The number of hydrogen-bond donors (Lipinski definition) is 1. The van der Waals surface area contributed by atoms with Crippen LogP contribution in [0.25, 0.3) is 27.5 Å². The van der Waals surface area contributed by atoms with E-state index in [-0.39, 0.29) is 11.1 Å². The normalized spacial score (nSPS) is 11.1. The minimum absolute atomic E-state index is 0.227. The van der Waals surface area contributed by atoms with Crippen LogP contribution in [-0.2, 0) is 0 Å². The predicted molar refractivity (Wildman–Crippen MR) is 89.3 cm³/mol. The van der Waals surface area contributed by atoms with Crippen LogP contribution in [0.5, 0.6) is 0 Å². The van der Waals surface area contributed by atoms with Gasteiger partial charge in [-0.3, -0.25) is 14.2 Å². The van der Waals surface area contributed by atoms with Crippen molar-refractivity contribution in [2.45, 2.75) is 0 Å². The van der Waals surface area contributed by atoms with Gasteiger partial charge in [0.05, 0.1) is 21.8 Å². The van der Waals surface area contributed by atoms with Crippen molar-refractivity contribution in [1.82, 2.24) is 14.2 Å². The maximum atomic E-state index is 12.8. The second-order valence-electron chi connectivity index (χ2n) is 5.21. The van der Waals surface area contributed by atoms with Gasteiger partial charge >= 0.3 is 0 Å². The second kappa shape index (κ2) is 4.81. The lowest BCUT2D eigenvalue weighted by Crippen LogP contribution is -2.26. The summed E-state index contributed by atoms with van der Waals surface area (Å²) in [5.41, 5.74) is 1.20. The van der Waals surface area contributed by atoms with Gasteiger partial charge in [0.1, 0.15) is 0 Å². The molecule has 0 aliphatic heterocycles. The number of pyridine rings is 3. The van der Waals surface area contributed by atoms with E-state index in [0.29, 0.717) is 21.8 Å². The van der Waals surface area contributed by atoms with Gasteiger partial charge in [-0.2, -0.15) is 0 Å². The molecule has 0 atom stereocenters. The summed E-state index contributed by atoms with van der Waals surface area (Å²) < 4.78 is 2.51. The Morgan fingerprint density at radius 1 is 0.826 bits per heavy atom. The van der Waals surface area contributed by atoms with Gasteiger partial charge in [-0.1, -0.05) is 18.2 Å². The third kappa shape index (κ3) is 2.00. The number of nitrogens with two attached hydrogens (primary N) is 1. The van der Waals surface area contributed by atoms with E-state index in [1.54, 1.807) is 24.4 Å². The number of benzene rings is 1. The minimum Gasteiger partial charge on any atom is -0.336 e. The Balaban J connectivity index is 2.11. The van der Waals surface area contributed by atoms with Crippen LogP contribution in [0.15, 0.2) is 70.5 Å². The maximum Gasteiger partial charge on any atom is 0.278 e. The van der Waals surface area contributed by atoms with E-state index in [4.69, 9.17) is 5.84 Å². The van der Waals surface area contributed by atoms with Crippen LogP contribution in [-0.4, -0.2) is 14.2 Å². The number of nitrogens with zero attached hydrogens (tertiary/aromatic N) is 3. The van der Waals surface area contributed by atoms with E-state index < -0.39 is 0 Å². The Labute approximate surface area is 130 Å². The Morgan fingerprint density at radius 2 is 1.48 bits per heavy atom. The van der Waals surface area contributed by atoms with E-state index in [2.05, 4.69) is 4.98 Å². The largest absolute Gasteiger partial charge is 0.336 e. The summed E-state index contributed by atoms with van der Waals surface area (Å²) in [5.74, 6) is 5.58. The Kier molecular flexibility index (Phi) is 2.77. The van der Waals surface area contributed by atoms with Crippen molar-refractivity contribution in [2.75, 3.05) is 5.84 Å². The molecule has 2 N–H and O–H groups in total. The summed E-state index contributed by atoms with van der Waals surface area (Å²) in [6, 6.07) is 14.3. The standard InChI is InChI=1S/C17H12N4O2/c18-21-9-7-15-13(17(21)23)10-12-14(19-15)6-8-20(16(12)22)11-4-2-1-3-5-11/h1-10H,18H2.